The van der Waals surface area contributed by atoms with Crippen LogP contribution in [-0.4, -0.2) is 30.8 Å². The lowest BCUT2D eigenvalue weighted by Gasteiger charge is -2.30. The molecule has 0 fully saturated rings. The molecule has 2 aromatic rings. The lowest BCUT2D eigenvalue weighted by atomic mass is 9.95. The Labute approximate surface area is 172 Å². The molecule has 152 valence electrons. The van der Waals surface area contributed by atoms with Crippen LogP contribution >= 0.6 is 12.2 Å². The van der Waals surface area contributed by atoms with Gasteiger partial charge in [0.25, 0.3) is 0 Å². The lowest BCUT2D eigenvalue weighted by molar-refractivity contribution is -0.139. The SMILES string of the molecule is CCOC(=O)C1=C(C)NC(=S)N[C@H]1c1ccc(OC(=O)c2ccco2)c(OC)c1. The van der Waals surface area contributed by atoms with Gasteiger partial charge in [0.15, 0.2) is 16.6 Å². The zero-order valence-electron chi connectivity index (χ0n) is 16.1. The van der Waals surface area contributed by atoms with E-state index in [1.807, 2.05) is 0 Å². The number of ether oxygens (including phenoxy) is 3. The van der Waals surface area contributed by atoms with Crippen LogP contribution in [0.3, 0.4) is 0 Å². The van der Waals surface area contributed by atoms with E-state index in [0.717, 1.165) is 0 Å². The van der Waals surface area contributed by atoms with Gasteiger partial charge in [-0.3, -0.25) is 0 Å². The molecule has 2 N–H and O–H groups in total. The smallest absolute Gasteiger partial charge is 0.379 e. The first-order valence-electron chi connectivity index (χ1n) is 8.83. The Balaban J connectivity index is 1.93. The minimum absolute atomic E-state index is 0.0738. The Morgan fingerprint density at radius 2 is 2.00 bits per heavy atom. The summed E-state index contributed by atoms with van der Waals surface area (Å²) in [5.74, 6) is -0.498. The highest BCUT2D eigenvalue weighted by molar-refractivity contribution is 7.80. The van der Waals surface area contributed by atoms with Crippen LogP contribution < -0.4 is 20.1 Å². The van der Waals surface area contributed by atoms with Crippen LogP contribution in [0.15, 0.2) is 52.3 Å². The molecule has 0 radical (unpaired) electrons. The molecule has 0 bridgehead atoms. The predicted molar refractivity (Wildman–Crippen MR) is 108 cm³/mol. The van der Waals surface area contributed by atoms with Gasteiger partial charge < -0.3 is 29.3 Å². The number of thiocarbonyl (C=S) groups is 1. The van der Waals surface area contributed by atoms with E-state index in [9.17, 15) is 9.59 Å². The molecule has 0 unspecified atom stereocenters. The predicted octanol–water partition coefficient (Wildman–Crippen LogP) is 2.86. The van der Waals surface area contributed by atoms with Crippen molar-refractivity contribution in [1.29, 1.82) is 0 Å². The Bertz CT molecular complexity index is 967. The third-order valence-corrected chi connectivity index (χ3v) is 4.43. The van der Waals surface area contributed by atoms with Gasteiger partial charge in [0.1, 0.15) is 0 Å². The average molecular weight is 416 g/mol. The van der Waals surface area contributed by atoms with Crippen LogP contribution in [0.2, 0.25) is 0 Å². The van der Waals surface area contributed by atoms with Crippen molar-refractivity contribution in [2.24, 2.45) is 0 Å². The van der Waals surface area contributed by atoms with Gasteiger partial charge in [-0.15, -0.1) is 0 Å². The number of esters is 2. The molecule has 1 atom stereocenters. The molecule has 0 amide bonds. The van der Waals surface area contributed by atoms with Crippen molar-refractivity contribution in [3.05, 3.63) is 59.2 Å². The number of hydrogen-bond donors (Lipinski definition) is 2. The summed E-state index contributed by atoms with van der Waals surface area (Å²) < 4.78 is 21.0. The Morgan fingerprint density at radius 3 is 2.66 bits per heavy atom. The molecule has 0 saturated heterocycles. The van der Waals surface area contributed by atoms with E-state index < -0.39 is 18.0 Å². The summed E-state index contributed by atoms with van der Waals surface area (Å²) >= 11 is 5.23. The topological polar surface area (TPSA) is 99.0 Å². The first-order chi connectivity index (χ1) is 13.9. The fourth-order valence-corrected chi connectivity index (χ4v) is 3.19. The number of benzene rings is 1. The van der Waals surface area contributed by atoms with Crippen LogP contribution in [0.25, 0.3) is 0 Å². The molecule has 0 saturated carbocycles. The van der Waals surface area contributed by atoms with Crippen molar-refractivity contribution in [3.8, 4) is 11.5 Å². The van der Waals surface area contributed by atoms with Crippen LogP contribution in [-0.2, 0) is 9.53 Å². The number of hydrogen-bond acceptors (Lipinski definition) is 7. The number of carbonyl (C=O) groups excluding carboxylic acids is 2. The normalized spacial score (nSPS) is 16.0. The first-order valence-corrected chi connectivity index (χ1v) is 9.24. The van der Waals surface area contributed by atoms with Gasteiger partial charge >= 0.3 is 11.9 Å². The van der Waals surface area contributed by atoms with E-state index in [2.05, 4.69) is 10.6 Å². The summed E-state index contributed by atoms with van der Waals surface area (Å²) in [6.45, 7) is 3.74. The molecule has 29 heavy (non-hydrogen) atoms. The molecule has 2 heterocycles. The van der Waals surface area contributed by atoms with Crippen molar-refractivity contribution < 1.29 is 28.2 Å². The number of allylic oxidation sites excluding steroid dienone is 1. The summed E-state index contributed by atoms with van der Waals surface area (Å²) in [5, 5.41) is 6.39. The summed E-state index contributed by atoms with van der Waals surface area (Å²) in [6.07, 6.45) is 1.38. The first kappa shape index (κ1) is 20.4. The standard InChI is InChI=1S/C20H20N2O6S/c1-4-26-19(24)16-11(2)21-20(29)22-17(16)12-7-8-13(15(10-12)25-3)28-18(23)14-6-5-9-27-14/h5-10,17H,4H2,1-3H3,(H2,21,22,29)/t17-/m0/s1. The van der Waals surface area contributed by atoms with Crippen LogP contribution in [0.5, 0.6) is 11.5 Å². The quantitative estimate of drug-likeness (QED) is 0.418. The second-order valence-corrected chi connectivity index (χ2v) is 6.48. The molecule has 1 aliphatic heterocycles. The van der Waals surface area contributed by atoms with Gasteiger partial charge in [0.05, 0.1) is 31.6 Å². The van der Waals surface area contributed by atoms with Crippen molar-refractivity contribution in [2.45, 2.75) is 19.9 Å². The molecule has 8 nitrogen and oxygen atoms in total. The maximum Gasteiger partial charge on any atom is 0.379 e. The van der Waals surface area contributed by atoms with Crippen molar-refractivity contribution in [2.75, 3.05) is 13.7 Å². The summed E-state index contributed by atoms with van der Waals surface area (Å²) in [6, 6.07) is 7.51. The minimum Gasteiger partial charge on any atom is -0.493 e. The summed E-state index contributed by atoms with van der Waals surface area (Å²) in [5.41, 5.74) is 1.69. The molecule has 3 rings (SSSR count). The van der Waals surface area contributed by atoms with Crippen LogP contribution in [0.4, 0.5) is 0 Å². The molecule has 0 aliphatic carbocycles. The third-order valence-electron chi connectivity index (χ3n) is 4.21. The Hall–Kier alpha value is -3.33. The molecule has 9 heteroatoms. The number of furan rings is 1. The number of rotatable bonds is 6. The largest absolute Gasteiger partial charge is 0.493 e. The molecular weight excluding hydrogens is 396 g/mol. The fourth-order valence-electron chi connectivity index (χ4n) is 2.92. The van der Waals surface area contributed by atoms with E-state index in [4.69, 9.17) is 30.8 Å². The fraction of sp³-hybridized carbons (Fsp3) is 0.250. The van der Waals surface area contributed by atoms with E-state index in [-0.39, 0.29) is 18.1 Å². The highest BCUT2D eigenvalue weighted by atomic mass is 32.1. The van der Waals surface area contributed by atoms with E-state index in [1.165, 1.54) is 19.4 Å². The van der Waals surface area contributed by atoms with Crippen LogP contribution in [0, 0.1) is 0 Å². The minimum atomic E-state index is -0.648. The van der Waals surface area contributed by atoms with E-state index in [0.29, 0.717) is 27.7 Å². The highest BCUT2D eigenvalue weighted by Crippen LogP contribution is 2.35. The van der Waals surface area contributed by atoms with Gasteiger partial charge in [-0.2, -0.15) is 0 Å². The zero-order chi connectivity index (χ0) is 21.0. The number of carbonyl (C=O) groups is 2. The molecule has 1 aromatic heterocycles. The summed E-state index contributed by atoms with van der Waals surface area (Å²) in [7, 11) is 1.46. The number of methoxy groups -OCH3 is 1. The number of nitrogens with one attached hydrogen (secondary N) is 2. The maximum atomic E-state index is 12.5. The Kier molecular flexibility index (Phi) is 6.18. The van der Waals surface area contributed by atoms with Crippen molar-refractivity contribution in [1.82, 2.24) is 10.6 Å². The molecule has 1 aromatic carbocycles. The van der Waals surface area contributed by atoms with E-state index in [1.54, 1.807) is 38.1 Å². The van der Waals surface area contributed by atoms with Gasteiger partial charge in [-0.25, -0.2) is 9.59 Å². The molecule has 1 aliphatic rings. The van der Waals surface area contributed by atoms with E-state index >= 15 is 0 Å². The zero-order valence-corrected chi connectivity index (χ0v) is 16.9. The molecule has 0 spiro atoms. The second-order valence-electron chi connectivity index (χ2n) is 6.07. The Morgan fingerprint density at radius 1 is 1.21 bits per heavy atom. The monoisotopic (exact) mass is 416 g/mol. The van der Waals surface area contributed by atoms with Crippen molar-refractivity contribution >= 4 is 29.3 Å². The van der Waals surface area contributed by atoms with Crippen molar-refractivity contribution in [3.63, 3.8) is 0 Å². The molecular formula is C20H20N2O6S. The maximum absolute atomic E-state index is 12.5. The van der Waals surface area contributed by atoms with Gasteiger partial charge in [-0.1, -0.05) is 6.07 Å². The van der Waals surface area contributed by atoms with Crippen LogP contribution in [0.1, 0.15) is 36.0 Å². The van der Waals surface area contributed by atoms with Gasteiger partial charge in [0.2, 0.25) is 5.76 Å². The third kappa shape index (κ3) is 4.40. The average Bonchev–Trinajstić information content (AvgIpc) is 3.22. The summed E-state index contributed by atoms with van der Waals surface area (Å²) in [4.78, 5) is 24.6. The highest BCUT2D eigenvalue weighted by Gasteiger charge is 2.31. The second kappa shape index (κ2) is 8.78. The lowest BCUT2D eigenvalue weighted by Crippen LogP contribution is -2.45. The van der Waals surface area contributed by atoms with Gasteiger partial charge in [-0.05, 0) is 55.9 Å². The van der Waals surface area contributed by atoms with Gasteiger partial charge in [0, 0.05) is 5.70 Å².